The summed E-state index contributed by atoms with van der Waals surface area (Å²) in [6, 6.07) is 8.79. The molecule has 0 spiro atoms. The average Bonchev–Trinajstić information content (AvgIpc) is 2.61. The molecule has 0 atom stereocenters. The fourth-order valence-electron chi connectivity index (χ4n) is 2.42. The summed E-state index contributed by atoms with van der Waals surface area (Å²) in [5, 5.41) is 6.35. The molecule has 0 aromatic carbocycles. The van der Waals surface area contributed by atoms with E-state index in [-0.39, 0.29) is 0 Å². The van der Waals surface area contributed by atoms with Crippen LogP contribution in [0.5, 0.6) is 0 Å². The quantitative estimate of drug-likeness (QED) is 0.691. The van der Waals surface area contributed by atoms with Gasteiger partial charge in [-0.1, -0.05) is 6.07 Å². The van der Waals surface area contributed by atoms with Crippen LogP contribution in [-0.2, 0) is 0 Å². The predicted octanol–water partition coefficient (Wildman–Crippen LogP) is 3.18. The Balaban J connectivity index is 1.66. The molecule has 1 fully saturated rings. The first-order valence-corrected chi connectivity index (χ1v) is 8.09. The zero-order valence-electron chi connectivity index (χ0n) is 13.4. The van der Waals surface area contributed by atoms with Gasteiger partial charge in [-0.25, -0.2) is 4.98 Å². The first kappa shape index (κ1) is 15.4. The van der Waals surface area contributed by atoms with Gasteiger partial charge in [0, 0.05) is 12.2 Å². The van der Waals surface area contributed by atoms with Gasteiger partial charge in [-0.2, -0.15) is 19.3 Å². The molecular formula is C17H16FN7. The van der Waals surface area contributed by atoms with Crippen molar-refractivity contribution in [3.63, 3.8) is 0 Å². The van der Waals surface area contributed by atoms with Crippen LogP contribution in [-0.4, -0.2) is 31.0 Å². The average molecular weight is 337 g/mol. The SMILES string of the molecule is Fc1ccc(Nc2nc(NC3CCC3)nc(-c3ccccn3)n2)cn1. The smallest absolute Gasteiger partial charge is 0.232 e. The van der Waals surface area contributed by atoms with Gasteiger partial charge in [0.2, 0.25) is 17.8 Å². The maximum Gasteiger partial charge on any atom is 0.232 e. The number of anilines is 3. The second-order valence-corrected chi connectivity index (χ2v) is 5.79. The van der Waals surface area contributed by atoms with Gasteiger partial charge in [-0.15, -0.1) is 0 Å². The first-order valence-electron chi connectivity index (χ1n) is 8.09. The van der Waals surface area contributed by atoms with Crippen LogP contribution in [0.4, 0.5) is 22.0 Å². The molecule has 25 heavy (non-hydrogen) atoms. The molecule has 126 valence electrons. The highest BCUT2D eigenvalue weighted by molar-refractivity contribution is 5.58. The molecule has 3 aromatic rings. The fourth-order valence-corrected chi connectivity index (χ4v) is 2.42. The molecule has 0 aliphatic heterocycles. The molecule has 1 aliphatic rings. The van der Waals surface area contributed by atoms with Gasteiger partial charge in [-0.3, -0.25) is 4.98 Å². The lowest BCUT2D eigenvalue weighted by molar-refractivity contribution is 0.443. The summed E-state index contributed by atoms with van der Waals surface area (Å²) in [5.41, 5.74) is 1.25. The van der Waals surface area contributed by atoms with Crippen molar-refractivity contribution >= 4 is 17.6 Å². The standard InChI is InChI=1S/C17H16FN7/c18-14-8-7-12(10-20-14)22-17-24-15(13-6-1-2-9-19-13)23-16(25-17)21-11-4-3-5-11/h1-2,6-11H,3-5H2,(H2,21,22,23,24,25). The van der Waals surface area contributed by atoms with Crippen molar-refractivity contribution in [1.82, 2.24) is 24.9 Å². The van der Waals surface area contributed by atoms with Crippen LogP contribution in [0, 0.1) is 5.95 Å². The Kier molecular flexibility index (Phi) is 4.16. The number of halogens is 1. The van der Waals surface area contributed by atoms with E-state index in [1.807, 2.05) is 18.2 Å². The van der Waals surface area contributed by atoms with Crippen LogP contribution < -0.4 is 10.6 Å². The van der Waals surface area contributed by atoms with E-state index in [9.17, 15) is 4.39 Å². The maximum absolute atomic E-state index is 13.0. The third kappa shape index (κ3) is 3.68. The number of nitrogens with one attached hydrogen (secondary N) is 2. The molecule has 3 heterocycles. The molecule has 4 rings (SSSR count). The number of hydrogen-bond acceptors (Lipinski definition) is 7. The Morgan fingerprint density at radius 1 is 0.960 bits per heavy atom. The lowest BCUT2D eigenvalue weighted by Crippen LogP contribution is -2.28. The van der Waals surface area contributed by atoms with Crippen LogP contribution in [0.3, 0.4) is 0 Å². The Morgan fingerprint density at radius 2 is 1.84 bits per heavy atom. The lowest BCUT2D eigenvalue weighted by Gasteiger charge is -2.26. The van der Waals surface area contributed by atoms with Gasteiger partial charge in [-0.05, 0) is 43.5 Å². The highest BCUT2D eigenvalue weighted by Gasteiger charge is 2.19. The zero-order valence-corrected chi connectivity index (χ0v) is 13.4. The van der Waals surface area contributed by atoms with Crippen LogP contribution in [0.2, 0.25) is 0 Å². The number of rotatable bonds is 5. The van der Waals surface area contributed by atoms with E-state index in [2.05, 4.69) is 35.6 Å². The van der Waals surface area contributed by atoms with Gasteiger partial charge in [0.1, 0.15) is 5.69 Å². The Bertz CT molecular complexity index is 851. The van der Waals surface area contributed by atoms with E-state index >= 15 is 0 Å². The molecule has 3 aromatic heterocycles. The fraction of sp³-hybridized carbons (Fsp3) is 0.235. The second kappa shape index (κ2) is 6.76. The third-order valence-electron chi connectivity index (χ3n) is 3.95. The van der Waals surface area contributed by atoms with Crippen LogP contribution in [0.1, 0.15) is 19.3 Å². The normalized spacial score (nSPS) is 14.0. The predicted molar refractivity (Wildman–Crippen MR) is 91.8 cm³/mol. The van der Waals surface area contributed by atoms with Crippen molar-refractivity contribution < 1.29 is 4.39 Å². The molecule has 7 nitrogen and oxygen atoms in total. The van der Waals surface area contributed by atoms with Gasteiger partial charge >= 0.3 is 0 Å². The van der Waals surface area contributed by atoms with Crippen LogP contribution in [0.15, 0.2) is 42.7 Å². The van der Waals surface area contributed by atoms with Gasteiger partial charge < -0.3 is 10.6 Å². The molecule has 8 heteroatoms. The number of aromatic nitrogens is 5. The molecule has 1 saturated carbocycles. The monoisotopic (exact) mass is 337 g/mol. The largest absolute Gasteiger partial charge is 0.351 e. The summed E-state index contributed by atoms with van der Waals surface area (Å²) in [4.78, 5) is 21.2. The van der Waals surface area contributed by atoms with E-state index in [1.54, 1.807) is 12.3 Å². The van der Waals surface area contributed by atoms with E-state index in [1.165, 1.54) is 18.7 Å². The van der Waals surface area contributed by atoms with Gasteiger partial charge in [0.05, 0.1) is 11.9 Å². The highest BCUT2D eigenvalue weighted by Crippen LogP contribution is 2.24. The van der Waals surface area contributed by atoms with Crippen molar-refractivity contribution in [2.45, 2.75) is 25.3 Å². The molecule has 0 amide bonds. The van der Waals surface area contributed by atoms with Crippen molar-refractivity contribution in [2.24, 2.45) is 0 Å². The summed E-state index contributed by atoms with van der Waals surface area (Å²) in [7, 11) is 0. The minimum atomic E-state index is -0.539. The molecule has 1 aliphatic carbocycles. The lowest BCUT2D eigenvalue weighted by atomic mass is 9.93. The first-order chi connectivity index (χ1) is 12.3. The van der Waals surface area contributed by atoms with E-state index in [0.717, 1.165) is 12.8 Å². The molecule has 0 bridgehead atoms. The van der Waals surface area contributed by atoms with E-state index in [4.69, 9.17) is 0 Å². The highest BCUT2D eigenvalue weighted by atomic mass is 19.1. The summed E-state index contributed by atoms with van der Waals surface area (Å²) in [6.07, 6.45) is 6.50. The zero-order chi connectivity index (χ0) is 17.1. The number of pyridine rings is 2. The summed E-state index contributed by atoms with van der Waals surface area (Å²) in [5.74, 6) is 0.779. The molecule has 2 N–H and O–H groups in total. The number of hydrogen-bond donors (Lipinski definition) is 2. The minimum absolute atomic E-state index is 0.353. The van der Waals surface area contributed by atoms with Gasteiger partial charge in [0.25, 0.3) is 0 Å². The number of nitrogens with zero attached hydrogens (tertiary/aromatic N) is 5. The van der Waals surface area contributed by atoms with E-state index in [0.29, 0.717) is 35.1 Å². The molecule has 0 radical (unpaired) electrons. The summed E-state index contributed by atoms with van der Waals surface area (Å²) < 4.78 is 13.0. The third-order valence-corrected chi connectivity index (χ3v) is 3.95. The Morgan fingerprint density at radius 3 is 2.52 bits per heavy atom. The van der Waals surface area contributed by atoms with Crippen molar-refractivity contribution in [3.05, 3.63) is 48.7 Å². The summed E-state index contributed by atoms with van der Waals surface area (Å²) >= 11 is 0. The second-order valence-electron chi connectivity index (χ2n) is 5.79. The molecular weight excluding hydrogens is 321 g/mol. The van der Waals surface area contributed by atoms with Crippen molar-refractivity contribution in [1.29, 1.82) is 0 Å². The topological polar surface area (TPSA) is 88.5 Å². The molecule has 0 saturated heterocycles. The van der Waals surface area contributed by atoms with Crippen LogP contribution in [0.25, 0.3) is 11.5 Å². The summed E-state index contributed by atoms with van der Waals surface area (Å²) in [6.45, 7) is 0. The molecule has 0 unspecified atom stereocenters. The maximum atomic E-state index is 13.0. The van der Waals surface area contributed by atoms with Gasteiger partial charge in [0.15, 0.2) is 5.82 Å². The minimum Gasteiger partial charge on any atom is -0.351 e. The van der Waals surface area contributed by atoms with Crippen LogP contribution >= 0.6 is 0 Å². The van der Waals surface area contributed by atoms with Crippen molar-refractivity contribution in [3.8, 4) is 11.5 Å². The van der Waals surface area contributed by atoms with Crippen molar-refractivity contribution in [2.75, 3.05) is 10.6 Å². The Hall–Kier alpha value is -3.16. The Labute approximate surface area is 143 Å². The van der Waals surface area contributed by atoms with E-state index < -0.39 is 5.95 Å².